The first-order valence-corrected chi connectivity index (χ1v) is 6.84. The summed E-state index contributed by atoms with van der Waals surface area (Å²) in [6.45, 7) is 4.77. The predicted octanol–water partition coefficient (Wildman–Crippen LogP) is 2.19. The minimum absolute atomic E-state index is 0.661. The van der Waals surface area contributed by atoms with Gasteiger partial charge in [0, 0.05) is 19.6 Å². The molecule has 2 heterocycles. The number of fused-ring (bicyclic) bond motifs is 1. The van der Waals surface area contributed by atoms with Crippen LogP contribution in [0.4, 0.5) is 0 Å². The predicted molar refractivity (Wildman–Crippen MR) is 70.8 cm³/mol. The van der Waals surface area contributed by atoms with E-state index in [0.29, 0.717) is 6.17 Å². The van der Waals surface area contributed by atoms with E-state index in [0.717, 1.165) is 12.1 Å². The van der Waals surface area contributed by atoms with Gasteiger partial charge in [0.05, 0.1) is 17.8 Å². The van der Waals surface area contributed by atoms with Gasteiger partial charge in [0.1, 0.15) is 0 Å². The molecule has 0 aliphatic carbocycles. The Morgan fingerprint density at radius 1 is 1.11 bits per heavy atom. The van der Waals surface area contributed by atoms with Gasteiger partial charge in [0.25, 0.3) is 0 Å². The quantitative estimate of drug-likeness (QED) is 0.795. The molecule has 1 aromatic rings. The van der Waals surface area contributed by atoms with Crippen molar-refractivity contribution >= 4 is 0 Å². The van der Waals surface area contributed by atoms with Crippen molar-refractivity contribution in [2.75, 3.05) is 19.6 Å². The summed E-state index contributed by atoms with van der Waals surface area (Å²) < 4.78 is 0. The lowest BCUT2D eigenvalue weighted by Gasteiger charge is -2.40. The van der Waals surface area contributed by atoms with Crippen LogP contribution in [-0.2, 0) is 6.54 Å². The average molecular weight is 241 g/mol. The Morgan fingerprint density at radius 3 is 2.67 bits per heavy atom. The Balaban J connectivity index is 1.69. The maximum absolute atomic E-state index is 8.81. The van der Waals surface area contributed by atoms with Crippen LogP contribution in [0, 0.1) is 11.3 Å². The van der Waals surface area contributed by atoms with E-state index in [2.05, 4.69) is 28.0 Å². The molecule has 94 valence electrons. The lowest BCUT2D eigenvalue weighted by molar-refractivity contribution is 0.0287. The van der Waals surface area contributed by atoms with Gasteiger partial charge >= 0.3 is 0 Å². The highest BCUT2D eigenvalue weighted by molar-refractivity contribution is 5.31. The Bertz CT molecular complexity index is 446. The molecule has 3 rings (SSSR count). The standard InChI is InChI=1S/C15H19N3/c16-11-13-4-6-14(7-5-13)12-18-10-2-9-17-8-1-3-15(17)18/h4-7,15H,1-3,8-10,12H2. The summed E-state index contributed by atoms with van der Waals surface area (Å²) in [5.41, 5.74) is 2.07. The van der Waals surface area contributed by atoms with Gasteiger partial charge in [0.15, 0.2) is 0 Å². The first-order chi connectivity index (χ1) is 8.86. The van der Waals surface area contributed by atoms with Crippen molar-refractivity contribution in [1.29, 1.82) is 5.26 Å². The first kappa shape index (κ1) is 11.7. The average Bonchev–Trinajstić information content (AvgIpc) is 2.89. The number of nitriles is 1. The molecule has 2 saturated heterocycles. The highest BCUT2D eigenvalue weighted by Crippen LogP contribution is 2.26. The van der Waals surface area contributed by atoms with E-state index < -0.39 is 0 Å². The monoisotopic (exact) mass is 241 g/mol. The molecule has 0 saturated carbocycles. The highest BCUT2D eigenvalue weighted by Gasteiger charge is 2.32. The van der Waals surface area contributed by atoms with Crippen LogP contribution in [0.1, 0.15) is 30.4 Å². The zero-order valence-electron chi connectivity index (χ0n) is 10.7. The summed E-state index contributed by atoms with van der Waals surface area (Å²) in [5, 5.41) is 8.81. The van der Waals surface area contributed by atoms with Gasteiger partial charge in [-0.15, -0.1) is 0 Å². The topological polar surface area (TPSA) is 30.3 Å². The molecule has 2 aliphatic heterocycles. The Morgan fingerprint density at radius 2 is 1.89 bits per heavy atom. The largest absolute Gasteiger partial charge is 0.288 e. The Hall–Kier alpha value is -1.37. The molecule has 0 aromatic heterocycles. The number of nitrogens with zero attached hydrogens (tertiary/aromatic N) is 3. The number of benzene rings is 1. The summed E-state index contributed by atoms with van der Waals surface area (Å²) in [4.78, 5) is 5.21. The third-order valence-corrected chi connectivity index (χ3v) is 4.11. The maximum Gasteiger partial charge on any atom is 0.0991 e. The summed E-state index contributed by atoms with van der Waals surface area (Å²) in [6.07, 6.45) is 4.60. The van der Waals surface area contributed by atoms with Gasteiger partial charge in [-0.1, -0.05) is 12.1 Å². The molecule has 2 aliphatic rings. The number of hydrogen-bond acceptors (Lipinski definition) is 3. The summed E-state index contributed by atoms with van der Waals surface area (Å²) >= 11 is 0. The van der Waals surface area contributed by atoms with Crippen LogP contribution in [-0.4, -0.2) is 35.6 Å². The van der Waals surface area contributed by atoms with Crippen molar-refractivity contribution in [1.82, 2.24) is 9.80 Å². The van der Waals surface area contributed by atoms with Crippen molar-refractivity contribution in [2.24, 2.45) is 0 Å². The van der Waals surface area contributed by atoms with Crippen molar-refractivity contribution in [2.45, 2.75) is 32.0 Å². The molecule has 2 fully saturated rings. The summed E-state index contributed by atoms with van der Waals surface area (Å²) in [7, 11) is 0. The van der Waals surface area contributed by atoms with Crippen molar-refractivity contribution in [3.05, 3.63) is 35.4 Å². The van der Waals surface area contributed by atoms with E-state index in [1.807, 2.05) is 12.1 Å². The van der Waals surface area contributed by atoms with Gasteiger partial charge in [-0.3, -0.25) is 9.80 Å². The van der Waals surface area contributed by atoms with E-state index >= 15 is 0 Å². The van der Waals surface area contributed by atoms with Crippen LogP contribution in [0.2, 0.25) is 0 Å². The SMILES string of the molecule is N#Cc1ccc(CN2CCCN3CCCC32)cc1. The van der Waals surface area contributed by atoms with Gasteiger partial charge in [-0.2, -0.15) is 5.26 Å². The van der Waals surface area contributed by atoms with Crippen LogP contribution < -0.4 is 0 Å². The van der Waals surface area contributed by atoms with Gasteiger partial charge in [0.2, 0.25) is 0 Å². The molecular weight excluding hydrogens is 222 g/mol. The van der Waals surface area contributed by atoms with Gasteiger partial charge in [-0.05, 0) is 43.5 Å². The molecule has 3 heteroatoms. The molecule has 1 aromatic carbocycles. The van der Waals surface area contributed by atoms with E-state index in [4.69, 9.17) is 5.26 Å². The summed E-state index contributed by atoms with van der Waals surface area (Å²) in [6, 6.07) is 10.2. The van der Waals surface area contributed by atoms with E-state index in [1.54, 1.807) is 0 Å². The van der Waals surface area contributed by atoms with E-state index in [-0.39, 0.29) is 0 Å². The fourth-order valence-corrected chi connectivity index (χ4v) is 3.21. The van der Waals surface area contributed by atoms with Crippen molar-refractivity contribution in [3.63, 3.8) is 0 Å². The lowest BCUT2D eigenvalue weighted by atomic mass is 10.1. The molecule has 1 unspecified atom stereocenters. The zero-order valence-corrected chi connectivity index (χ0v) is 10.7. The lowest BCUT2D eigenvalue weighted by Crippen LogP contribution is -2.49. The second-order valence-electron chi connectivity index (χ2n) is 5.29. The Labute approximate surface area is 109 Å². The normalized spacial score (nSPS) is 24.7. The molecule has 0 radical (unpaired) electrons. The van der Waals surface area contributed by atoms with Gasteiger partial charge < -0.3 is 0 Å². The smallest absolute Gasteiger partial charge is 0.0991 e. The minimum Gasteiger partial charge on any atom is -0.288 e. The van der Waals surface area contributed by atoms with Crippen LogP contribution in [0.5, 0.6) is 0 Å². The molecular formula is C15H19N3. The minimum atomic E-state index is 0.661. The van der Waals surface area contributed by atoms with Gasteiger partial charge in [-0.25, -0.2) is 0 Å². The van der Waals surface area contributed by atoms with Crippen molar-refractivity contribution in [3.8, 4) is 6.07 Å². The first-order valence-electron chi connectivity index (χ1n) is 6.84. The fraction of sp³-hybridized carbons (Fsp3) is 0.533. The second kappa shape index (κ2) is 5.09. The van der Waals surface area contributed by atoms with E-state index in [9.17, 15) is 0 Å². The molecule has 18 heavy (non-hydrogen) atoms. The molecule has 3 nitrogen and oxygen atoms in total. The third-order valence-electron chi connectivity index (χ3n) is 4.11. The maximum atomic E-state index is 8.81. The highest BCUT2D eigenvalue weighted by atomic mass is 15.4. The molecule has 1 atom stereocenters. The fourth-order valence-electron chi connectivity index (χ4n) is 3.21. The van der Waals surface area contributed by atoms with Crippen LogP contribution in [0.25, 0.3) is 0 Å². The van der Waals surface area contributed by atoms with E-state index in [1.165, 1.54) is 44.5 Å². The van der Waals surface area contributed by atoms with Crippen LogP contribution in [0.15, 0.2) is 24.3 Å². The molecule has 0 spiro atoms. The van der Waals surface area contributed by atoms with Crippen LogP contribution >= 0.6 is 0 Å². The number of hydrogen-bond donors (Lipinski definition) is 0. The van der Waals surface area contributed by atoms with Crippen LogP contribution in [0.3, 0.4) is 0 Å². The van der Waals surface area contributed by atoms with Crippen molar-refractivity contribution < 1.29 is 0 Å². The molecule has 0 bridgehead atoms. The third kappa shape index (κ3) is 2.27. The zero-order chi connectivity index (χ0) is 12.4. The molecule has 0 amide bonds. The number of rotatable bonds is 2. The summed E-state index contributed by atoms with van der Waals surface area (Å²) in [5.74, 6) is 0. The second-order valence-corrected chi connectivity index (χ2v) is 5.29. The molecule has 0 N–H and O–H groups in total. The Kier molecular flexibility index (Phi) is 3.31.